The van der Waals surface area contributed by atoms with Crippen LogP contribution in [0, 0.1) is 6.92 Å². The number of para-hydroxylation sites is 1. The number of hydrogen-bond donors (Lipinski definition) is 1. The van der Waals surface area contributed by atoms with Gasteiger partial charge in [0.25, 0.3) is 5.56 Å². The van der Waals surface area contributed by atoms with Crippen molar-refractivity contribution in [1.29, 1.82) is 0 Å². The number of anilines is 1. The van der Waals surface area contributed by atoms with E-state index in [1.807, 2.05) is 30.3 Å². The van der Waals surface area contributed by atoms with Gasteiger partial charge in [0.05, 0.1) is 19.2 Å². The minimum Gasteiger partial charge on any atom is -0.465 e. The van der Waals surface area contributed by atoms with Crippen LogP contribution in [0.2, 0.25) is 0 Å². The Kier molecular flexibility index (Phi) is 4.82. The molecule has 2 N–H and O–H groups in total. The highest BCUT2D eigenvalue weighted by atomic mass is 16.5. The molecule has 2 aromatic carbocycles. The molecule has 1 unspecified atom stereocenters. The number of carbonyl (C=O) groups excluding carboxylic acids is 2. The number of esters is 1. The van der Waals surface area contributed by atoms with E-state index in [4.69, 9.17) is 15.2 Å². The van der Waals surface area contributed by atoms with Crippen molar-refractivity contribution < 1.29 is 19.1 Å². The summed E-state index contributed by atoms with van der Waals surface area (Å²) in [7, 11) is 2.80. The lowest BCUT2D eigenvalue weighted by atomic mass is 9.68. The molecule has 3 heterocycles. The van der Waals surface area contributed by atoms with Gasteiger partial charge in [-0.2, -0.15) is 0 Å². The highest BCUT2D eigenvalue weighted by Crippen LogP contribution is 2.54. The van der Waals surface area contributed by atoms with Crippen LogP contribution in [0.3, 0.4) is 0 Å². The maximum absolute atomic E-state index is 14.1. The summed E-state index contributed by atoms with van der Waals surface area (Å²) in [5.41, 5.74) is 6.44. The number of fused-ring (bicyclic) bond motifs is 4. The van der Waals surface area contributed by atoms with Gasteiger partial charge in [0.1, 0.15) is 16.7 Å². The van der Waals surface area contributed by atoms with Crippen molar-refractivity contribution in [2.75, 3.05) is 19.1 Å². The van der Waals surface area contributed by atoms with Crippen molar-refractivity contribution in [3.8, 4) is 5.75 Å². The predicted molar refractivity (Wildman–Crippen MR) is 125 cm³/mol. The van der Waals surface area contributed by atoms with E-state index in [1.165, 1.54) is 12.0 Å². The van der Waals surface area contributed by atoms with E-state index in [0.29, 0.717) is 16.9 Å². The van der Waals surface area contributed by atoms with Crippen LogP contribution in [0.15, 0.2) is 76.9 Å². The van der Waals surface area contributed by atoms with E-state index in [1.54, 1.807) is 48.9 Å². The lowest BCUT2D eigenvalue weighted by molar-refractivity contribution is -0.138. The fourth-order valence-corrected chi connectivity index (χ4v) is 5.01. The fourth-order valence-electron chi connectivity index (χ4n) is 5.01. The number of methoxy groups -OCH3 is 1. The molecule has 0 bridgehead atoms. The van der Waals surface area contributed by atoms with Crippen molar-refractivity contribution in [1.82, 2.24) is 4.57 Å². The Balaban J connectivity index is 1.88. The SMILES string of the molecule is COC(=O)C1=C(N)Oc2cc(C)n(Cc3ccccc3)c(=O)c2C12C(=O)N(C)c1ccccc12. The van der Waals surface area contributed by atoms with Crippen LogP contribution in [0.4, 0.5) is 5.69 Å². The first-order chi connectivity index (χ1) is 16.3. The topological polar surface area (TPSA) is 104 Å². The van der Waals surface area contributed by atoms with Crippen LogP contribution in [0.5, 0.6) is 5.75 Å². The van der Waals surface area contributed by atoms with E-state index in [0.717, 1.165) is 5.56 Å². The van der Waals surface area contributed by atoms with Gasteiger partial charge in [-0.3, -0.25) is 9.59 Å². The third-order valence-corrected chi connectivity index (χ3v) is 6.56. The van der Waals surface area contributed by atoms with Gasteiger partial charge < -0.3 is 24.7 Å². The maximum atomic E-state index is 14.1. The highest BCUT2D eigenvalue weighted by molar-refractivity contribution is 6.18. The summed E-state index contributed by atoms with van der Waals surface area (Å²) in [6, 6.07) is 18.2. The predicted octanol–water partition coefficient (Wildman–Crippen LogP) is 2.20. The van der Waals surface area contributed by atoms with Crippen LogP contribution in [-0.4, -0.2) is 30.6 Å². The quantitative estimate of drug-likeness (QED) is 0.605. The molecule has 0 aliphatic carbocycles. The van der Waals surface area contributed by atoms with Gasteiger partial charge in [-0.15, -0.1) is 0 Å². The Bertz CT molecular complexity index is 1440. The summed E-state index contributed by atoms with van der Waals surface area (Å²) in [4.78, 5) is 42.6. The number of amides is 1. The van der Waals surface area contributed by atoms with Crippen molar-refractivity contribution in [3.05, 3.63) is 105 Å². The second-order valence-corrected chi connectivity index (χ2v) is 8.37. The lowest BCUT2D eigenvalue weighted by Crippen LogP contribution is -2.51. The molecule has 0 saturated heterocycles. The number of aromatic nitrogens is 1. The number of likely N-dealkylation sites (N-methyl/N-ethyl adjacent to an activating group) is 1. The highest BCUT2D eigenvalue weighted by Gasteiger charge is 2.61. The smallest absolute Gasteiger partial charge is 0.340 e. The Labute approximate surface area is 195 Å². The van der Waals surface area contributed by atoms with Crippen LogP contribution in [-0.2, 0) is 26.3 Å². The molecule has 1 aromatic heterocycles. The molecule has 8 heteroatoms. The Morgan fingerprint density at radius 2 is 1.76 bits per heavy atom. The lowest BCUT2D eigenvalue weighted by Gasteiger charge is -2.35. The minimum absolute atomic E-state index is 0.0467. The molecule has 2 aliphatic heterocycles. The second-order valence-electron chi connectivity index (χ2n) is 8.37. The summed E-state index contributed by atoms with van der Waals surface area (Å²) in [6.45, 7) is 2.07. The van der Waals surface area contributed by atoms with Crippen LogP contribution < -0.4 is 20.9 Å². The molecule has 8 nitrogen and oxygen atoms in total. The molecule has 3 aromatic rings. The number of benzene rings is 2. The first-order valence-corrected chi connectivity index (χ1v) is 10.7. The molecule has 0 radical (unpaired) electrons. The molecule has 0 saturated carbocycles. The van der Waals surface area contributed by atoms with E-state index < -0.39 is 22.9 Å². The third kappa shape index (κ3) is 2.75. The molecule has 2 aliphatic rings. The molecule has 1 atom stereocenters. The number of pyridine rings is 1. The van der Waals surface area contributed by atoms with Crippen LogP contribution in [0.1, 0.15) is 22.4 Å². The van der Waals surface area contributed by atoms with Gasteiger partial charge in [0, 0.05) is 30.1 Å². The Hall–Kier alpha value is -4.33. The van der Waals surface area contributed by atoms with E-state index in [9.17, 15) is 14.4 Å². The molecule has 34 heavy (non-hydrogen) atoms. The van der Waals surface area contributed by atoms with Crippen LogP contribution >= 0.6 is 0 Å². The minimum atomic E-state index is -1.79. The number of nitrogens with two attached hydrogens (primary N) is 1. The van der Waals surface area contributed by atoms with E-state index >= 15 is 0 Å². The van der Waals surface area contributed by atoms with Gasteiger partial charge in [-0.1, -0.05) is 48.5 Å². The Morgan fingerprint density at radius 3 is 2.47 bits per heavy atom. The van der Waals surface area contributed by atoms with E-state index in [2.05, 4.69) is 0 Å². The maximum Gasteiger partial charge on any atom is 0.340 e. The van der Waals surface area contributed by atoms with Crippen molar-refractivity contribution in [2.24, 2.45) is 5.73 Å². The summed E-state index contributed by atoms with van der Waals surface area (Å²) < 4.78 is 12.4. The van der Waals surface area contributed by atoms with Crippen molar-refractivity contribution in [2.45, 2.75) is 18.9 Å². The van der Waals surface area contributed by atoms with Gasteiger partial charge in [-0.25, -0.2) is 4.79 Å². The molecule has 5 rings (SSSR count). The largest absolute Gasteiger partial charge is 0.465 e. The molecular formula is C26H23N3O5. The number of ether oxygens (including phenoxy) is 2. The average molecular weight is 457 g/mol. The third-order valence-electron chi connectivity index (χ3n) is 6.56. The van der Waals surface area contributed by atoms with Gasteiger partial charge >= 0.3 is 5.97 Å². The summed E-state index contributed by atoms with van der Waals surface area (Å²) in [5.74, 6) is -1.43. The molecule has 1 spiro atoms. The number of aryl methyl sites for hydroxylation is 1. The van der Waals surface area contributed by atoms with Crippen molar-refractivity contribution in [3.63, 3.8) is 0 Å². The molecule has 172 valence electrons. The standard InChI is InChI=1S/C26H23N3O5/c1-15-13-19-20(23(30)29(15)14-16-9-5-4-6-10-16)26(21(22(27)34-19)24(31)33-3)17-11-7-8-12-18(17)28(2)25(26)32/h4-13H,14,27H2,1-3H3. The Morgan fingerprint density at radius 1 is 1.09 bits per heavy atom. The number of carbonyl (C=O) groups is 2. The average Bonchev–Trinajstić information content (AvgIpc) is 3.04. The zero-order valence-corrected chi connectivity index (χ0v) is 19.0. The molecule has 1 amide bonds. The first-order valence-electron chi connectivity index (χ1n) is 10.7. The second kappa shape index (κ2) is 7.62. The van der Waals surface area contributed by atoms with Gasteiger partial charge in [-0.05, 0) is 18.6 Å². The summed E-state index contributed by atoms with van der Waals surface area (Å²) >= 11 is 0. The monoisotopic (exact) mass is 457 g/mol. The van der Waals surface area contributed by atoms with Gasteiger partial charge in [0.15, 0.2) is 0 Å². The fraction of sp³-hybridized carbons (Fsp3) is 0.192. The molecular weight excluding hydrogens is 434 g/mol. The zero-order valence-electron chi connectivity index (χ0n) is 19.0. The number of nitrogens with zero attached hydrogens (tertiary/aromatic N) is 2. The van der Waals surface area contributed by atoms with E-state index in [-0.39, 0.29) is 29.3 Å². The van der Waals surface area contributed by atoms with Gasteiger partial charge in [0.2, 0.25) is 11.8 Å². The summed E-state index contributed by atoms with van der Waals surface area (Å²) in [6.07, 6.45) is 0. The summed E-state index contributed by atoms with van der Waals surface area (Å²) in [5, 5.41) is 0. The van der Waals surface area contributed by atoms with Crippen LogP contribution in [0.25, 0.3) is 0 Å². The number of rotatable bonds is 3. The zero-order chi connectivity index (χ0) is 24.2. The molecule has 0 fully saturated rings. The normalized spacial score (nSPS) is 18.6. The first kappa shape index (κ1) is 21.5. The number of hydrogen-bond acceptors (Lipinski definition) is 6. The van der Waals surface area contributed by atoms with Crippen molar-refractivity contribution >= 4 is 17.6 Å².